The molecule has 6 aromatic rings. The molecule has 16 nitrogen and oxygen atoms in total. The Hall–Kier alpha value is -8.38. The Bertz CT molecular complexity index is 3700. The van der Waals surface area contributed by atoms with E-state index in [2.05, 4.69) is 32.6 Å². The highest BCUT2D eigenvalue weighted by Gasteiger charge is 2.50. The number of piperidine rings is 2. The van der Waals surface area contributed by atoms with Gasteiger partial charge in [-0.05, 0) is 160 Å². The van der Waals surface area contributed by atoms with Crippen LogP contribution in [0.15, 0.2) is 140 Å². The van der Waals surface area contributed by atoms with E-state index >= 15 is 0 Å². The zero-order chi connectivity index (χ0) is 69.8. The predicted octanol–water partition coefficient (Wildman–Crippen LogP) is 13.3. The smallest absolute Gasteiger partial charge is 0.416 e. The van der Waals surface area contributed by atoms with Crippen LogP contribution in [-0.2, 0) is 53.6 Å². The minimum Gasteiger partial charge on any atom is -0.446 e. The van der Waals surface area contributed by atoms with Gasteiger partial charge in [0.2, 0.25) is 11.8 Å². The average molecular weight is 1360 g/mol. The maximum Gasteiger partial charge on any atom is 0.416 e. The van der Waals surface area contributed by atoms with E-state index in [9.17, 15) is 54.7 Å². The molecule has 3 fully saturated rings. The number of hydrogen-bond donors (Lipinski definition) is 2. The van der Waals surface area contributed by atoms with Crippen LogP contribution in [0, 0.1) is 12.7 Å². The molecule has 0 aromatic heterocycles. The Kier molecular flexibility index (Phi) is 23.7. The van der Waals surface area contributed by atoms with E-state index in [1.807, 2.05) is 98.9 Å². The number of nitrogens with zero attached hydrogens (tertiary/aromatic N) is 6. The molecule has 1 aliphatic carbocycles. The number of amides is 5. The second-order valence-corrected chi connectivity index (χ2v) is 26.4. The van der Waals surface area contributed by atoms with Crippen LogP contribution in [0.2, 0.25) is 0 Å². The van der Waals surface area contributed by atoms with Gasteiger partial charge in [0.25, 0.3) is 11.8 Å². The summed E-state index contributed by atoms with van der Waals surface area (Å²) >= 11 is 0. The number of anilines is 2. The third-order valence-corrected chi connectivity index (χ3v) is 19.8. The summed E-state index contributed by atoms with van der Waals surface area (Å²) in [5, 5.41) is 6.42. The van der Waals surface area contributed by atoms with Crippen LogP contribution < -0.4 is 10.6 Å². The number of unbranched alkanes of at least 4 members (excludes halogenated alkanes) is 2. The molecule has 10 rings (SSSR count). The van der Waals surface area contributed by atoms with Gasteiger partial charge in [0.05, 0.1) is 29.5 Å². The van der Waals surface area contributed by atoms with Crippen molar-refractivity contribution >= 4 is 41.1 Å². The van der Waals surface area contributed by atoms with Crippen LogP contribution in [0.5, 0.6) is 0 Å². The third kappa shape index (κ3) is 18.1. The molecule has 2 N–H and O–H groups in total. The fourth-order valence-corrected chi connectivity index (χ4v) is 14.0. The fraction of sp³-hybridized carbons (Fsp3) is 0.453. The van der Waals surface area contributed by atoms with E-state index < -0.39 is 64.6 Å². The van der Waals surface area contributed by atoms with E-state index in [1.165, 1.54) is 24.3 Å². The zero-order valence-corrected chi connectivity index (χ0v) is 56.0. The number of halogens is 7. The molecule has 0 radical (unpaired) electrons. The van der Waals surface area contributed by atoms with Crippen molar-refractivity contribution in [2.45, 2.75) is 113 Å². The number of benzene rings is 6. The van der Waals surface area contributed by atoms with Crippen molar-refractivity contribution in [2.75, 3.05) is 117 Å². The van der Waals surface area contributed by atoms with Crippen molar-refractivity contribution in [2.24, 2.45) is 0 Å². The molecule has 23 heteroatoms. The number of hydrogen-bond acceptors (Lipinski definition) is 11. The van der Waals surface area contributed by atoms with Gasteiger partial charge < -0.3 is 48.9 Å². The summed E-state index contributed by atoms with van der Waals surface area (Å²) < 4.78 is 116. The Labute approximate surface area is 568 Å². The lowest BCUT2D eigenvalue weighted by molar-refractivity contribution is -0.143. The molecule has 6 aromatic carbocycles. The summed E-state index contributed by atoms with van der Waals surface area (Å²) in [6.45, 7) is 7.27. The minimum atomic E-state index is -5.15. The van der Waals surface area contributed by atoms with Crippen LogP contribution in [0.3, 0.4) is 0 Å². The number of fused-ring (bicyclic) bond motifs is 2. The summed E-state index contributed by atoms with van der Waals surface area (Å²) in [6.07, 6.45) is -4.03. The van der Waals surface area contributed by atoms with E-state index in [0.29, 0.717) is 100 Å². The SMILES string of the molecule is Cc1cc(C(=O)N(C)CCCN(C)C(=O)CO[C@H]2Cc3ccccc3C23CCN(CC[C@@]2(c4ccc(F)cc4)CN(C(=O)c4cc(C(F)(F)F)cc(C(F)(F)F)c4)CO2)CC3)ccc1NCCCCCC(=O)N(C)CCN1CCC(OC(=O)Nc2ccccc2-c2ccccc2)CC1. The van der Waals surface area contributed by atoms with Crippen molar-refractivity contribution in [1.82, 2.24) is 29.4 Å². The number of nitrogens with one attached hydrogen (secondary N) is 2. The summed E-state index contributed by atoms with van der Waals surface area (Å²) in [4.78, 5) is 77.6. The summed E-state index contributed by atoms with van der Waals surface area (Å²) in [6, 6.07) is 37.6. The van der Waals surface area contributed by atoms with E-state index in [4.69, 9.17) is 14.2 Å². The predicted molar refractivity (Wildman–Crippen MR) is 360 cm³/mol. The maximum absolute atomic E-state index is 14.2. The highest BCUT2D eigenvalue weighted by molar-refractivity contribution is 5.96. The van der Waals surface area contributed by atoms with Crippen LogP contribution in [0.4, 0.5) is 46.9 Å². The van der Waals surface area contributed by atoms with Crippen LogP contribution in [0.1, 0.15) is 118 Å². The lowest BCUT2D eigenvalue weighted by Crippen LogP contribution is -2.50. The number of carbonyl (C=O) groups is 5. The van der Waals surface area contributed by atoms with Gasteiger partial charge in [-0.25, -0.2) is 9.18 Å². The molecule has 2 atom stereocenters. The highest BCUT2D eigenvalue weighted by atomic mass is 19.4. The molecule has 0 unspecified atom stereocenters. The Morgan fingerprint density at radius 2 is 1.31 bits per heavy atom. The van der Waals surface area contributed by atoms with Crippen LogP contribution in [0.25, 0.3) is 11.1 Å². The monoisotopic (exact) mass is 1360 g/mol. The molecular weight excluding hydrogens is 1270 g/mol. The van der Waals surface area contributed by atoms with Crippen molar-refractivity contribution < 1.29 is 68.9 Å². The number of likely N-dealkylation sites (tertiary alicyclic amines) is 2. The third-order valence-electron chi connectivity index (χ3n) is 19.8. The van der Waals surface area contributed by atoms with Gasteiger partial charge in [0.1, 0.15) is 30.9 Å². The molecule has 3 aliphatic heterocycles. The molecular formula is C75H87F7N8O8. The number of likely N-dealkylation sites (N-methyl/N-ethyl adjacent to an activating group) is 2. The second kappa shape index (κ2) is 32.1. The van der Waals surface area contributed by atoms with Gasteiger partial charge in [-0.15, -0.1) is 0 Å². The number of para-hydroxylation sites is 1. The van der Waals surface area contributed by atoms with Gasteiger partial charge in [-0.2, -0.15) is 26.3 Å². The lowest BCUT2D eigenvalue weighted by Gasteiger charge is -2.44. The summed E-state index contributed by atoms with van der Waals surface area (Å²) in [7, 11) is 5.32. The molecule has 4 aliphatic rings. The zero-order valence-electron chi connectivity index (χ0n) is 56.0. The first-order valence-corrected chi connectivity index (χ1v) is 33.7. The molecule has 0 bridgehead atoms. The van der Waals surface area contributed by atoms with Crippen molar-refractivity contribution in [3.8, 4) is 11.1 Å². The molecule has 98 heavy (non-hydrogen) atoms. The number of carbonyl (C=O) groups excluding carboxylic acids is 5. The molecule has 1 spiro atoms. The summed E-state index contributed by atoms with van der Waals surface area (Å²) in [5.41, 5.74) is 2.18. The lowest BCUT2D eigenvalue weighted by atomic mass is 9.72. The fourth-order valence-electron chi connectivity index (χ4n) is 14.0. The highest BCUT2D eigenvalue weighted by Crippen LogP contribution is 2.49. The molecule has 0 saturated carbocycles. The molecule has 3 saturated heterocycles. The van der Waals surface area contributed by atoms with Crippen molar-refractivity contribution in [3.63, 3.8) is 0 Å². The second-order valence-electron chi connectivity index (χ2n) is 26.4. The normalized spacial score (nSPS) is 18.1. The number of aryl methyl sites for hydroxylation is 1. The Balaban J connectivity index is 0.611. The average Bonchev–Trinajstić information content (AvgIpc) is 1.58. The first kappa shape index (κ1) is 72.4. The van der Waals surface area contributed by atoms with E-state index in [0.717, 1.165) is 96.7 Å². The maximum atomic E-state index is 14.2. The quantitative estimate of drug-likeness (QED) is 0.0394. The van der Waals surface area contributed by atoms with E-state index in [-0.39, 0.29) is 55.6 Å². The minimum absolute atomic E-state index is 0.0281. The van der Waals surface area contributed by atoms with E-state index in [1.54, 1.807) is 28.8 Å². The first-order valence-electron chi connectivity index (χ1n) is 33.7. The molecule has 5 amide bonds. The van der Waals surface area contributed by atoms with Crippen LogP contribution in [-0.4, -0.2) is 178 Å². The van der Waals surface area contributed by atoms with Gasteiger partial charge in [0.15, 0.2) is 0 Å². The first-order chi connectivity index (χ1) is 46.9. The van der Waals surface area contributed by atoms with Gasteiger partial charge in [-0.1, -0.05) is 91.3 Å². The topological polar surface area (TPSA) is 157 Å². The number of ether oxygens (including phenoxy) is 3. The van der Waals surface area contributed by atoms with Gasteiger partial charge in [-0.3, -0.25) is 24.5 Å². The number of alkyl halides is 6. The standard InChI is InChI=1S/C75H87F7N8O8/c1-52-44-55(23-28-64(52)83-34-14-6-9-22-67(91)86(3)42-43-88-37-29-61(30-38-88)98-71(95)84-65-21-13-11-19-62(65)53-16-7-5-8-17-53)69(93)87(4)36-15-35-85(2)68(92)49-96-66-47-54-18-10-12-20-63(54)72(66)31-39-89(40-32-72)41-33-73(57-24-26-60(76)27-25-57)50-90(51-97-73)70(94)56-45-58(74(77,78)79)48-59(46-56)75(80,81)82/h5,7-8,10-13,16-21,23-28,44-46,48,61,66,83H,6,9,14-15,22,29-43,47,49-51H2,1-4H3,(H,84,95)/t66-,73-/m0/s1. The van der Waals surface area contributed by atoms with Crippen LogP contribution >= 0.6 is 0 Å². The molecule has 524 valence electrons. The van der Waals surface area contributed by atoms with Crippen molar-refractivity contribution in [3.05, 3.63) is 190 Å². The van der Waals surface area contributed by atoms with Gasteiger partial charge in [0, 0.05) is 108 Å². The Morgan fingerprint density at radius 3 is 2.01 bits per heavy atom. The Morgan fingerprint density at radius 1 is 0.653 bits per heavy atom. The largest absolute Gasteiger partial charge is 0.446 e. The van der Waals surface area contributed by atoms with Crippen molar-refractivity contribution in [1.29, 1.82) is 0 Å². The molecule has 3 heterocycles. The number of rotatable bonds is 26. The van der Waals surface area contributed by atoms with Gasteiger partial charge >= 0.3 is 18.4 Å². The summed E-state index contributed by atoms with van der Waals surface area (Å²) in [5.74, 6) is -1.82.